The van der Waals surface area contributed by atoms with Crippen LogP contribution in [-0.2, 0) is 10.9 Å². The second-order valence-corrected chi connectivity index (χ2v) is 5.48. The van der Waals surface area contributed by atoms with Crippen molar-refractivity contribution >= 4 is 29.2 Å². The standard InChI is InChI=1S/C15H10Cl2F3NO2/c1-7-5-8(15(18,19)20)6-10(17)12(7)11-4-3-9(16)13(21-11)14(22)23-2/h3-6H,1-2H3. The second kappa shape index (κ2) is 6.37. The molecule has 0 atom stereocenters. The molecule has 3 nitrogen and oxygen atoms in total. The van der Waals surface area contributed by atoms with E-state index in [9.17, 15) is 18.0 Å². The van der Waals surface area contributed by atoms with Crippen LogP contribution in [0.2, 0.25) is 10.0 Å². The number of halogens is 5. The highest BCUT2D eigenvalue weighted by Gasteiger charge is 2.32. The lowest BCUT2D eigenvalue weighted by molar-refractivity contribution is -0.137. The van der Waals surface area contributed by atoms with Crippen LogP contribution in [0.1, 0.15) is 21.6 Å². The third kappa shape index (κ3) is 3.59. The molecule has 0 saturated heterocycles. The van der Waals surface area contributed by atoms with Gasteiger partial charge in [0, 0.05) is 5.56 Å². The monoisotopic (exact) mass is 363 g/mol. The van der Waals surface area contributed by atoms with Crippen LogP contribution < -0.4 is 0 Å². The van der Waals surface area contributed by atoms with E-state index in [1.165, 1.54) is 26.2 Å². The number of hydrogen-bond acceptors (Lipinski definition) is 3. The molecule has 23 heavy (non-hydrogen) atoms. The molecule has 0 bridgehead atoms. The van der Waals surface area contributed by atoms with Crippen molar-refractivity contribution in [3.05, 3.63) is 51.1 Å². The third-order valence-corrected chi connectivity index (χ3v) is 3.70. The average Bonchev–Trinajstić information content (AvgIpc) is 2.46. The largest absolute Gasteiger partial charge is 0.464 e. The van der Waals surface area contributed by atoms with Crippen LogP contribution in [-0.4, -0.2) is 18.1 Å². The summed E-state index contributed by atoms with van der Waals surface area (Å²) in [5.41, 5.74) is -0.198. The summed E-state index contributed by atoms with van der Waals surface area (Å²) < 4.78 is 43.0. The zero-order chi connectivity index (χ0) is 17.4. The van der Waals surface area contributed by atoms with Crippen LogP contribution in [0.4, 0.5) is 13.2 Å². The molecule has 0 fully saturated rings. The van der Waals surface area contributed by atoms with Crippen LogP contribution >= 0.6 is 23.2 Å². The lowest BCUT2D eigenvalue weighted by Crippen LogP contribution is -2.08. The van der Waals surface area contributed by atoms with E-state index >= 15 is 0 Å². The van der Waals surface area contributed by atoms with Gasteiger partial charge in [-0.3, -0.25) is 0 Å². The first-order valence-electron chi connectivity index (χ1n) is 6.27. The molecule has 2 aromatic rings. The number of ether oxygens (including phenoxy) is 1. The second-order valence-electron chi connectivity index (χ2n) is 4.67. The van der Waals surface area contributed by atoms with E-state index in [1.807, 2.05) is 0 Å². The first-order chi connectivity index (χ1) is 10.6. The maximum atomic E-state index is 12.8. The zero-order valence-electron chi connectivity index (χ0n) is 12.0. The first kappa shape index (κ1) is 17.6. The van der Waals surface area contributed by atoms with Crippen LogP contribution in [0.3, 0.4) is 0 Å². The Labute approximate surface area is 140 Å². The maximum absolute atomic E-state index is 12.8. The summed E-state index contributed by atoms with van der Waals surface area (Å²) in [4.78, 5) is 15.7. The van der Waals surface area contributed by atoms with Crippen molar-refractivity contribution in [3.8, 4) is 11.3 Å². The molecule has 122 valence electrons. The van der Waals surface area contributed by atoms with Crippen molar-refractivity contribution in [2.45, 2.75) is 13.1 Å². The summed E-state index contributed by atoms with van der Waals surface area (Å²) >= 11 is 11.9. The van der Waals surface area contributed by atoms with E-state index in [2.05, 4.69) is 9.72 Å². The number of alkyl halides is 3. The normalized spacial score (nSPS) is 11.4. The quantitative estimate of drug-likeness (QED) is 0.691. The number of hydrogen-bond donors (Lipinski definition) is 0. The summed E-state index contributed by atoms with van der Waals surface area (Å²) in [6.45, 7) is 1.48. The highest BCUT2D eigenvalue weighted by Crippen LogP contribution is 2.37. The minimum Gasteiger partial charge on any atom is -0.464 e. The molecule has 0 N–H and O–H groups in total. The molecule has 1 heterocycles. The Balaban J connectivity index is 2.62. The molecular formula is C15H10Cl2F3NO2. The van der Waals surface area contributed by atoms with E-state index in [-0.39, 0.29) is 27.0 Å². The van der Waals surface area contributed by atoms with Crippen LogP contribution in [0.25, 0.3) is 11.3 Å². The molecular weight excluding hydrogens is 354 g/mol. The molecule has 1 aromatic carbocycles. The fourth-order valence-electron chi connectivity index (χ4n) is 2.05. The van der Waals surface area contributed by atoms with E-state index in [1.54, 1.807) is 0 Å². The lowest BCUT2D eigenvalue weighted by atomic mass is 10.0. The topological polar surface area (TPSA) is 39.2 Å². The van der Waals surface area contributed by atoms with Gasteiger partial charge in [-0.25, -0.2) is 9.78 Å². The Kier molecular flexibility index (Phi) is 4.87. The average molecular weight is 364 g/mol. The number of nitrogens with zero attached hydrogens (tertiary/aromatic N) is 1. The predicted molar refractivity (Wildman–Crippen MR) is 80.8 cm³/mol. The summed E-state index contributed by atoms with van der Waals surface area (Å²) in [5, 5.41) is -0.0516. The molecule has 8 heteroatoms. The Hall–Kier alpha value is -1.79. The molecule has 0 aliphatic carbocycles. The van der Waals surface area contributed by atoms with Gasteiger partial charge in [-0.05, 0) is 36.8 Å². The molecule has 0 spiro atoms. The van der Waals surface area contributed by atoms with Crippen molar-refractivity contribution < 1.29 is 22.7 Å². The maximum Gasteiger partial charge on any atom is 0.416 e. The van der Waals surface area contributed by atoms with Gasteiger partial charge in [0.2, 0.25) is 0 Å². The number of carbonyl (C=O) groups is 1. The van der Waals surface area contributed by atoms with Gasteiger partial charge in [-0.2, -0.15) is 13.2 Å². The molecule has 2 rings (SSSR count). The number of aromatic nitrogens is 1. The minimum atomic E-state index is -4.50. The summed E-state index contributed by atoms with van der Waals surface area (Å²) in [7, 11) is 1.17. The number of rotatable bonds is 2. The van der Waals surface area contributed by atoms with Gasteiger partial charge in [0.25, 0.3) is 0 Å². The number of esters is 1. The molecule has 0 amide bonds. The number of pyridine rings is 1. The van der Waals surface area contributed by atoms with Gasteiger partial charge in [0.1, 0.15) is 0 Å². The van der Waals surface area contributed by atoms with Crippen molar-refractivity contribution in [1.82, 2.24) is 4.98 Å². The molecule has 0 saturated carbocycles. The molecule has 0 unspecified atom stereocenters. The third-order valence-electron chi connectivity index (χ3n) is 3.10. The van der Waals surface area contributed by atoms with Crippen LogP contribution in [0.15, 0.2) is 24.3 Å². The molecule has 0 aliphatic heterocycles. The van der Waals surface area contributed by atoms with E-state index in [4.69, 9.17) is 23.2 Å². The predicted octanol–water partition coefficient (Wildman–Crippen LogP) is 5.17. The fourth-order valence-corrected chi connectivity index (χ4v) is 2.60. The Bertz CT molecular complexity index is 753. The summed E-state index contributed by atoms with van der Waals surface area (Å²) in [5.74, 6) is -0.752. The molecule has 0 radical (unpaired) electrons. The first-order valence-corrected chi connectivity index (χ1v) is 7.03. The number of aryl methyl sites for hydroxylation is 1. The smallest absolute Gasteiger partial charge is 0.416 e. The van der Waals surface area contributed by atoms with Crippen molar-refractivity contribution in [3.63, 3.8) is 0 Å². The van der Waals surface area contributed by atoms with Gasteiger partial charge in [0.15, 0.2) is 5.69 Å². The number of carbonyl (C=O) groups excluding carboxylic acids is 1. The highest BCUT2D eigenvalue weighted by molar-refractivity contribution is 6.34. The minimum absolute atomic E-state index is 0.0706. The van der Waals surface area contributed by atoms with Gasteiger partial charge >= 0.3 is 12.1 Å². The van der Waals surface area contributed by atoms with Crippen LogP contribution in [0.5, 0.6) is 0 Å². The lowest BCUT2D eigenvalue weighted by Gasteiger charge is -2.14. The molecule has 0 aliphatic rings. The van der Waals surface area contributed by atoms with E-state index in [0.29, 0.717) is 5.56 Å². The van der Waals surface area contributed by atoms with Gasteiger partial charge in [-0.1, -0.05) is 23.2 Å². The Morgan fingerprint density at radius 2 is 1.83 bits per heavy atom. The zero-order valence-corrected chi connectivity index (χ0v) is 13.5. The fraction of sp³-hybridized carbons (Fsp3) is 0.200. The van der Waals surface area contributed by atoms with Gasteiger partial charge in [-0.15, -0.1) is 0 Å². The summed E-state index contributed by atoms with van der Waals surface area (Å²) in [6.07, 6.45) is -4.50. The summed E-state index contributed by atoms with van der Waals surface area (Å²) in [6, 6.07) is 4.66. The van der Waals surface area contributed by atoms with Crippen LogP contribution in [0, 0.1) is 6.92 Å². The van der Waals surface area contributed by atoms with Crippen molar-refractivity contribution in [2.75, 3.05) is 7.11 Å². The number of methoxy groups -OCH3 is 1. The van der Waals surface area contributed by atoms with Gasteiger partial charge < -0.3 is 4.74 Å². The molecule has 1 aromatic heterocycles. The SMILES string of the molecule is COC(=O)c1nc(-c2c(C)cc(C(F)(F)F)cc2Cl)ccc1Cl. The van der Waals surface area contributed by atoms with Gasteiger partial charge in [0.05, 0.1) is 28.4 Å². The van der Waals surface area contributed by atoms with Crippen molar-refractivity contribution in [2.24, 2.45) is 0 Å². The van der Waals surface area contributed by atoms with E-state index < -0.39 is 17.7 Å². The van der Waals surface area contributed by atoms with E-state index in [0.717, 1.165) is 12.1 Å². The Morgan fingerprint density at radius 1 is 1.17 bits per heavy atom. The van der Waals surface area contributed by atoms with Crippen molar-refractivity contribution in [1.29, 1.82) is 0 Å². The highest BCUT2D eigenvalue weighted by atomic mass is 35.5. The Morgan fingerprint density at radius 3 is 2.35 bits per heavy atom. The number of benzene rings is 1.